The molecule has 0 spiro atoms. The molecule has 1 atom stereocenters. The summed E-state index contributed by atoms with van der Waals surface area (Å²) in [6.07, 6.45) is 5.21. The molecule has 0 amide bonds. The number of carbonyl (C=O) groups excluding carboxylic acids is 1. The maximum atomic E-state index is 12.5. The number of ketones is 1. The average molecular weight is 267 g/mol. The molecule has 0 unspecified atom stereocenters. The second-order valence-electron chi connectivity index (χ2n) is 5.44. The number of rotatable bonds is 3. The summed E-state index contributed by atoms with van der Waals surface area (Å²) < 4.78 is 0. The quantitative estimate of drug-likeness (QED) is 0.927. The highest BCUT2D eigenvalue weighted by molar-refractivity contribution is 5.90. The van der Waals surface area contributed by atoms with Crippen molar-refractivity contribution in [3.63, 3.8) is 0 Å². The van der Waals surface area contributed by atoms with Crippen LogP contribution < -0.4 is 0 Å². The fourth-order valence-electron chi connectivity index (χ4n) is 2.99. The van der Waals surface area contributed by atoms with E-state index in [1.54, 1.807) is 0 Å². The Hall–Kier alpha value is -2.15. The van der Waals surface area contributed by atoms with Gasteiger partial charge in [0.1, 0.15) is 5.82 Å². The third kappa shape index (κ3) is 2.32. The molecule has 2 aromatic rings. The van der Waals surface area contributed by atoms with Gasteiger partial charge in [0, 0.05) is 5.92 Å². The number of hydrogen-bond donors (Lipinski definition) is 1. The smallest absolute Gasteiger partial charge is 0.162 e. The van der Waals surface area contributed by atoms with E-state index in [4.69, 9.17) is 0 Å². The first kappa shape index (κ1) is 12.9. The summed E-state index contributed by atoms with van der Waals surface area (Å²) in [7, 11) is 0. The zero-order chi connectivity index (χ0) is 13.9. The standard InChI is InChI=1S/C16H17N3O/c17-10-12(15(20)11-6-2-1-3-7-11)16-18-13-8-4-5-9-14(13)19-16/h4-5,8-9,11-12H,1-3,6-7H2,(H,18,19)/t12-/m0/s1. The molecule has 3 rings (SSSR count). The predicted octanol–water partition coefficient (Wildman–Crippen LogP) is 3.32. The number of carbonyl (C=O) groups is 1. The molecule has 0 aliphatic heterocycles. The molecular formula is C16H17N3O. The van der Waals surface area contributed by atoms with Crippen LogP contribution in [0.4, 0.5) is 0 Å². The highest BCUT2D eigenvalue weighted by Gasteiger charge is 2.31. The van der Waals surface area contributed by atoms with Crippen LogP contribution in [0.3, 0.4) is 0 Å². The minimum atomic E-state index is -0.759. The molecule has 4 nitrogen and oxygen atoms in total. The molecule has 1 saturated carbocycles. The summed E-state index contributed by atoms with van der Waals surface area (Å²) in [6, 6.07) is 9.74. The molecule has 0 saturated heterocycles. The van der Waals surface area contributed by atoms with Gasteiger partial charge in [-0.2, -0.15) is 5.26 Å². The second kappa shape index (κ2) is 5.46. The Morgan fingerprint density at radius 2 is 2.05 bits per heavy atom. The van der Waals surface area contributed by atoms with Crippen molar-refractivity contribution in [1.29, 1.82) is 5.26 Å². The van der Waals surface area contributed by atoms with Crippen molar-refractivity contribution in [3.8, 4) is 6.07 Å². The summed E-state index contributed by atoms with van der Waals surface area (Å²) in [6.45, 7) is 0. The van der Waals surface area contributed by atoms with Gasteiger partial charge in [-0.15, -0.1) is 0 Å². The fraction of sp³-hybridized carbons (Fsp3) is 0.438. The first-order chi connectivity index (χ1) is 9.79. The van der Waals surface area contributed by atoms with Crippen LogP contribution in [0.5, 0.6) is 0 Å². The van der Waals surface area contributed by atoms with Gasteiger partial charge in [-0.1, -0.05) is 31.4 Å². The summed E-state index contributed by atoms with van der Waals surface area (Å²) in [5.41, 5.74) is 1.68. The minimum absolute atomic E-state index is 0.0293. The zero-order valence-corrected chi connectivity index (χ0v) is 11.3. The van der Waals surface area contributed by atoms with E-state index in [1.807, 2.05) is 24.3 Å². The first-order valence-electron chi connectivity index (χ1n) is 7.17. The van der Waals surface area contributed by atoms with E-state index in [0.717, 1.165) is 36.7 Å². The van der Waals surface area contributed by atoms with Gasteiger partial charge in [-0.05, 0) is 25.0 Å². The Balaban J connectivity index is 1.89. The molecular weight excluding hydrogens is 250 g/mol. The van der Waals surface area contributed by atoms with Crippen LogP contribution >= 0.6 is 0 Å². The van der Waals surface area contributed by atoms with Gasteiger partial charge in [0.15, 0.2) is 11.7 Å². The summed E-state index contributed by atoms with van der Waals surface area (Å²) in [5, 5.41) is 9.37. The van der Waals surface area contributed by atoms with Crippen LogP contribution in [0, 0.1) is 17.2 Å². The molecule has 102 valence electrons. The van der Waals surface area contributed by atoms with Crippen molar-refractivity contribution in [2.45, 2.75) is 38.0 Å². The number of Topliss-reactive ketones (excluding diaryl/α,β-unsaturated/α-hetero) is 1. The molecule has 0 radical (unpaired) electrons. The van der Waals surface area contributed by atoms with Gasteiger partial charge in [0.2, 0.25) is 0 Å². The Bertz CT molecular complexity index is 629. The van der Waals surface area contributed by atoms with Gasteiger partial charge < -0.3 is 4.98 Å². The average Bonchev–Trinajstić information content (AvgIpc) is 2.92. The normalized spacial score (nSPS) is 17.8. The van der Waals surface area contributed by atoms with Gasteiger partial charge >= 0.3 is 0 Å². The largest absolute Gasteiger partial charge is 0.340 e. The maximum absolute atomic E-state index is 12.5. The maximum Gasteiger partial charge on any atom is 0.162 e. The molecule has 1 aliphatic carbocycles. The lowest BCUT2D eigenvalue weighted by Gasteiger charge is -2.21. The Morgan fingerprint density at radius 3 is 2.75 bits per heavy atom. The van der Waals surface area contributed by atoms with E-state index >= 15 is 0 Å². The van der Waals surface area contributed by atoms with Gasteiger partial charge in [-0.25, -0.2) is 4.98 Å². The molecule has 0 bridgehead atoms. The summed E-state index contributed by atoms with van der Waals surface area (Å²) in [4.78, 5) is 20.0. The van der Waals surface area contributed by atoms with E-state index < -0.39 is 5.92 Å². The Labute approximate surface area is 117 Å². The number of H-pyrrole nitrogens is 1. The molecule has 1 heterocycles. The monoisotopic (exact) mass is 267 g/mol. The van der Waals surface area contributed by atoms with Crippen LogP contribution in [-0.4, -0.2) is 15.8 Å². The number of benzene rings is 1. The number of imidazole rings is 1. The molecule has 4 heteroatoms. The van der Waals surface area contributed by atoms with Crippen LogP contribution in [0.1, 0.15) is 43.8 Å². The van der Waals surface area contributed by atoms with Gasteiger partial charge in [0.25, 0.3) is 0 Å². The number of aromatic amines is 1. The van der Waals surface area contributed by atoms with Crippen molar-refractivity contribution in [3.05, 3.63) is 30.1 Å². The van der Waals surface area contributed by atoms with E-state index in [1.165, 1.54) is 6.42 Å². The van der Waals surface area contributed by atoms with Gasteiger partial charge in [0.05, 0.1) is 17.1 Å². The summed E-state index contributed by atoms with van der Waals surface area (Å²) in [5.74, 6) is -0.206. The minimum Gasteiger partial charge on any atom is -0.340 e. The van der Waals surface area contributed by atoms with Gasteiger partial charge in [-0.3, -0.25) is 4.79 Å². The number of hydrogen-bond acceptors (Lipinski definition) is 3. The van der Waals surface area contributed by atoms with E-state index in [0.29, 0.717) is 5.82 Å². The van der Waals surface area contributed by atoms with Crippen LogP contribution in [0.2, 0.25) is 0 Å². The van der Waals surface area contributed by atoms with E-state index in [9.17, 15) is 10.1 Å². The third-order valence-electron chi connectivity index (χ3n) is 4.10. The van der Waals surface area contributed by atoms with E-state index in [-0.39, 0.29) is 11.7 Å². The van der Waals surface area contributed by atoms with Crippen molar-refractivity contribution >= 4 is 16.8 Å². The number of para-hydroxylation sites is 2. The third-order valence-corrected chi connectivity index (χ3v) is 4.10. The molecule has 20 heavy (non-hydrogen) atoms. The lowest BCUT2D eigenvalue weighted by molar-refractivity contribution is -0.124. The van der Waals surface area contributed by atoms with Crippen molar-refractivity contribution < 1.29 is 4.79 Å². The number of nitriles is 1. The lowest BCUT2D eigenvalue weighted by Crippen LogP contribution is -2.24. The van der Waals surface area contributed by atoms with Crippen LogP contribution in [0.25, 0.3) is 11.0 Å². The molecule has 1 aromatic carbocycles. The van der Waals surface area contributed by atoms with E-state index in [2.05, 4.69) is 16.0 Å². The lowest BCUT2D eigenvalue weighted by atomic mass is 9.82. The highest BCUT2D eigenvalue weighted by Crippen LogP contribution is 2.29. The highest BCUT2D eigenvalue weighted by atomic mass is 16.1. The predicted molar refractivity (Wildman–Crippen MR) is 76.0 cm³/mol. The molecule has 1 aromatic heterocycles. The number of aromatic nitrogens is 2. The first-order valence-corrected chi connectivity index (χ1v) is 7.17. The van der Waals surface area contributed by atoms with Crippen molar-refractivity contribution in [1.82, 2.24) is 9.97 Å². The molecule has 1 N–H and O–H groups in total. The summed E-state index contributed by atoms with van der Waals surface area (Å²) >= 11 is 0. The fourth-order valence-corrected chi connectivity index (χ4v) is 2.99. The number of fused-ring (bicyclic) bond motifs is 1. The zero-order valence-electron chi connectivity index (χ0n) is 11.3. The number of nitrogens with zero attached hydrogens (tertiary/aromatic N) is 2. The van der Waals surface area contributed by atoms with Crippen LogP contribution in [0.15, 0.2) is 24.3 Å². The topological polar surface area (TPSA) is 69.5 Å². The Morgan fingerprint density at radius 1 is 1.30 bits per heavy atom. The van der Waals surface area contributed by atoms with Crippen LogP contribution in [-0.2, 0) is 4.79 Å². The number of nitrogens with one attached hydrogen (secondary N) is 1. The molecule has 1 fully saturated rings. The SMILES string of the molecule is N#C[C@@H](C(=O)C1CCCCC1)c1nc2ccccc2[nH]1. The van der Waals surface area contributed by atoms with Crippen molar-refractivity contribution in [2.24, 2.45) is 5.92 Å². The second-order valence-corrected chi connectivity index (χ2v) is 5.44. The molecule has 1 aliphatic rings. The van der Waals surface area contributed by atoms with Crippen molar-refractivity contribution in [2.75, 3.05) is 0 Å². The Kier molecular flexibility index (Phi) is 3.51.